The van der Waals surface area contributed by atoms with Crippen molar-refractivity contribution in [1.82, 2.24) is 5.43 Å². The fourth-order valence-electron chi connectivity index (χ4n) is 4.71. The number of amidine groups is 1. The number of anilines is 1. The minimum absolute atomic E-state index is 0.00983. The molecule has 1 unspecified atom stereocenters. The van der Waals surface area contributed by atoms with Gasteiger partial charge in [-0.1, -0.05) is 38.6 Å². The van der Waals surface area contributed by atoms with Crippen molar-refractivity contribution in [2.45, 2.75) is 51.2 Å². The van der Waals surface area contributed by atoms with E-state index >= 15 is 0 Å². The Balaban J connectivity index is 1.79. The Labute approximate surface area is 212 Å². The summed E-state index contributed by atoms with van der Waals surface area (Å²) < 4.78 is 11.0. The van der Waals surface area contributed by atoms with E-state index in [4.69, 9.17) is 14.5 Å². The maximum atomic E-state index is 11.9. The van der Waals surface area contributed by atoms with Crippen LogP contribution in [0.2, 0.25) is 0 Å². The quantitative estimate of drug-likeness (QED) is 0.418. The molecule has 186 valence electrons. The molecule has 4 rings (SSSR count). The van der Waals surface area contributed by atoms with Crippen LogP contribution in [0.1, 0.15) is 57.2 Å². The number of aliphatic imine (C=N–C) groups is 1. The van der Waals surface area contributed by atoms with E-state index in [0.29, 0.717) is 18.0 Å². The van der Waals surface area contributed by atoms with Crippen molar-refractivity contribution >= 4 is 34.2 Å². The van der Waals surface area contributed by atoms with E-state index in [1.54, 1.807) is 14.2 Å². The van der Waals surface area contributed by atoms with Gasteiger partial charge in [-0.2, -0.15) is 5.10 Å². The van der Waals surface area contributed by atoms with Crippen molar-refractivity contribution in [3.05, 3.63) is 53.1 Å². The molecule has 35 heavy (non-hydrogen) atoms. The molecule has 2 aliphatic heterocycles. The van der Waals surface area contributed by atoms with E-state index in [2.05, 4.69) is 61.3 Å². The molecule has 0 aromatic heterocycles. The first-order valence-corrected chi connectivity index (χ1v) is 12.9. The number of nitrogens with one attached hydrogen (secondary N) is 1. The van der Waals surface area contributed by atoms with Crippen LogP contribution in [-0.4, -0.2) is 49.3 Å². The number of methoxy groups -OCH3 is 2. The normalized spacial score (nSPS) is 19.5. The first-order chi connectivity index (χ1) is 16.8. The predicted octanol–water partition coefficient (Wildman–Crippen LogP) is 5.60. The van der Waals surface area contributed by atoms with Gasteiger partial charge in [0.15, 0.2) is 11.5 Å². The van der Waals surface area contributed by atoms with E-state index in [1.165, 1.54) is 17.3 Å². The molecule has 2 aliphatic rings. The lowest BCUT2D eigenvalue weighted by atomic mass is 9.76. The van der Waals surface area contributed by atoms with Crippen LogP contribution >= 0.6 is 11.8 Å². The van der Waals surface area contributed by atoms with Gasteiger partial charge in [-0.25, -0.2) is 5.43 Å². The second kappa shape index (κ2) is 10.3. The summed E-state index contributed by atoms with van der Waals surface area (Å²) in [5.74, 6) is 2.30. The van der Waals surface area contributed by atoms with Crippen molar-refractivity contribution in [2.24, 2.45) is 10.1 Å². The van der Waals surface area contributed by atoms with Gasteiger partial charge in [0.25, 0.3) is 5.24 Å². The summed E-state index contributed by atoms with van der Waals surface area (Å²) in [6.45, 7) is 10.2. The number of carbonyl (C=O) groups is 1. The smallest absolute Gasteiger partial charge is 0.299 e. The molecule has 1 atom stereocenters. The van der Waals surface area contributed by atoms with Crippen LogP contribution in [0.15, 0.2) is 46.5 Å². The highest BCUT2D eigenvalue weighted by atomic mass is 32.2. The minimum Gasteiger partial charge on any atom is -0.493 e. The standard InChI is InChI=1S/C27H34N4O3S/c1-7-23-24(29-30-26(32)35-23)17-9-11-20-19(15-17)27(3,4)13-14-31(20)25(28-8-2)18-10-12-21(33-5)22(16-18)34-6/h9-12,15-16,23H,7-8,13-14H2,1-6H3,(H,30,32). The van der Waals surface area contributed by atoms with Crippen molar-refractivity contribution in [3.8, 4) is 11.5 Å². The number of thioether (sulfide) groups is 1. The van der Waals surface area contributed by atoms with Gasteiger partial charge in [0.05, 0.1) is 25.2 Å². The Morgan fingerprint density at radius 3 is 2.63 bits per heavy atom. The molecular formula is C27H34N4O3S. The van der Waals surface area contributed by atoms with Crippen LogP contribution in [0.3, 0.4) is 0 Å². The number of fused-ring (bicyclic) bond motifs is 1. The van der Waals surface area contributed by atoms with Crippen molar-refractivity contribution in [1.29, 1.82) is 0 Å². The Morgan fingerprint density at radius 1 is 1.17 bits per heavy atom. The summed E-state index contributed by atoms with van der Waals surface area (Å²) in [5.41, 5.74) is 8.00. The van der Waals surface area contributed by atoms with E-state index < -0.39 is 0 Å². The topological polar surface area (TPSA) is 75.5 Å². The highest BCUT2D eigenvalue weighted by Crippen LogP contribution is 2.42. The molecule has 1 amide bonds. The van der Waals surface area contributed by atoms with Crippen molar-refractivity contribution < 1.29 is 14.3 Å². The molecular weight excluding hydrogens is 460 g/mol. The second-order valence-electron chi connectivity index (χ2n) is 9.30. The molecule has 0 saturated carbocycles. The van der Waals surface area contributed by atoms with Crippen LogP contribution in [0.4, 0.5) is 10.5 Å². The number of hydrogen-bond donors (Lipinski definition) is 1. The van der Waals surface area contributed by atoms with Gasteiger partial charge in [-0.3, -0.25) is 9.79 Å². The van der Waals surface area contributed by atoms with Crippen molar-refractivity contribution in [3.63, 3.8) is 0 Å². The Morgan fingerprint density at radius 2 is 1.94 bits per heavy atom. The summed E-state index contributed by atoms with van der Waals surface area (Å²) in [5, 5.41) is 4.38. The minimum atomic E-state index is -0.0968. The molecule has 7 nitrogen and oxygen atoms in total. The number of hydrogen-bond acceptors (Lipinski definition) is 6. The lowest BCUT2D eigenvalue weighted by Gasteiger charge is -2.41. The van der Waals surface area contributed by atoms with Gasteiger partial charge in [0.2, 0.25) is 0 Å². The van der Waals surface area contributed by atoms with Gasteiger partial charge in [0, 0.05) is 24.3 Å². The van der Waals surface area contributed by atoms with Crippen LogP contribution in [0.25, 0.3) is 0 Å². The molecule has 0 fully saturated rings. The van der Waals surface area contributed by atoms with Gasteiger partial charge in [-0.15, -0.1) is 0 Å². The zero-order chi connectivity index (χ0) is 25.2. The van der Waals surface area contributed by atoms with Gasteiger partial charge in [-0.05, 0) is 66.6 Å². The van der Waals surface area contributed by atoms with Crippen molar-refractivity contribution in [2.75, 3.05) is 32.2 Å². The largest absolute Gasteiger partial charge is 0.493 e. The van der Waals surface area contributed by atoms with E-state index in [-0.39, 0.29) is 15.9 Å². The summed E-state index contributed by atoms with van der Waals surface area (Å²) in [6, 6.07) is 12.5. The first-order valence-electron chi connectivity index (χ1n) is 12.1. The molecule has 1 N–H and O–H groups in total. The molecule has 0 radical (unpaired) electrons. The molecule has 0 aliphatic carbocycles. The Bertz CT molecular complexity index is 1180. The third kappa shape index (κ3) is 4.89. The maximum Gasteiger partial charge on any atom is 0.299 e. The monoisotopic (exact) mass is 494 g/mol. The molecule has 0 saturated heterocycles. The highest BCUT2D eigenvalue weighted by Gasteiger charge is 2.35. The number of rotatable bonds is 6. The summed E-state index contributed by atoms with van der Waals surface area (Å²) >= 11 is 1.31. The molecule has 0 bridgehead atoms. The number of amides is 1. The summed E-state index contributed by atoms with van der Waals surface area (Å²) in [4.78, 5) is 19.1. The molecule has 2 aromatic rings. The van der Waals surface area contributed by atoms with Crippen LogP contribution in [0.5, 0.6) is 11.5 Å². The predicted molar refractivity (Wildman–Crippen MR) is 145 cm³/mol. The third-order valence-electron chi connectivity index (χ3n) is 6.67. The van der Waals surface area contributed by atoms with E-state index in [1.807, 2.05) is 18.2 Å². The average Bonchev–Trinajstić information content (AvgIpc) is 2.87. The fourth-order valence-corrected chi connectivity index (χ4v) is 5.54. The number of benzene rings is 2. The van der Waals surface area contributed by atoms with Gasteiger partial charge in [0.1, 0.15) is 5.84 Å². The lowest BCUT2D eigenvalue weighted by Crippen LogP contribution is -2.42. The van der Waals surface area contributed by atoms with E-state index in [9.17, 15) is 4.79 Å². The Kier molecular flexibility index (Phi) is 7.40. The number of carbonyl (C=O) groups excluding carboxylic acids is 1. The molecule has 0 spiro atoms. The molecule has 8 heteroatoms. The highest BCUT2D eigenvalue weighted by molar-refractivity contribution is 8.14. The van der Waals surface area contributed by atoms with Crippen LogP contribution < -0.4 is 19.8 Å². The Hall–Kier alpha value is -3.00. The zero-order valence-corrected chi connectivity index (χ0v) is 22.2. The molecule has 2 heterocycles. The summed E-state index contributed by atoms with van der Waals surface area (Å²) in [6.07, 6.45) is 1.82. The van der Waals surface area contributed by atoms with Gasteiger partial charge >= 0.3 is 0 Å². The number of hydrazone groups is 1. The fraction of sp³-hybridized carbons (Fsp3) is 0.444. The second-order valence-corrected chi connectivity index (χ2v) is 10.5. The number of nitrogens with zero attached hydrogens (tertiary/aromatic N) is 3. The zero-order valence-electron chi connectivity index (χ0n) is 21.3. The SMILES string of the molecule is CCN=C(c1ccc(OC)c(OC)c1)N1CCC(C)(C)c2cc(C3=NNC(=O)SC3CC)ccc21. The van der Waals surface area contributed by atoms with E-state index in [0.717, 1.165) is 47.7 Å². The summed E-state index contributed by atoms with van der Waals surface area (Å²) in [7, 11) is 3.29. The average molecular weight is 495 g/mol. The van der Waals surface area contributed by atoms with Crippen LogP contribution in [0, 0.1) is 0 Å². The lowest BCUT2D eigenvalue weighted by molar-refractivity contribution is 0.260. The van der Waals surface area contributed by atoms with Crippen LogP contribution in [-0.2, 0) is 5.41 Å². The first kappa shape index (κ1) is 25.1. The number of ether oxygens (including phenoxy) is 2. The molecule has 2 aromatic carbocycles. The van der Waals surface area contributed by atoms with Gasteiger partial charge < -0.3 is 14.4 Å². The third-order valence-corrected chi connectivity index (χ3v) is 7.82. The maximum absolute atomic E-state index is 11.9.